The Hall–Kier alpha value is 2.39. The molecule has 0 amide bonds. The molecule has 0 N–H and O–H groups in total. The topological polar surface area (TPSA) is 0 Å². The van der Waals surface area contributed by atoms with E-state index in [0.29, 0.717) is 0 Å². The summed E-state index contributed by atoms with van der Waals surface area (Å²) in [6.45, 7) is 0. The van der Waals surface area contributed by atoms with E-state index in [1.54, 1.807) is 0 Å². The molecule has 0 saturated heterocycles. The summed E-state index contributed by atoms with van der Waals surface area (Å²) in [7, 11) is 0. The average molecular weight is 300 g/mol. The Bertz CT molecular complexity index is 8.00. The Morgan fingerprint density at radius 2 is 1.00 bits per heavy atom. The first-order valence-electron chi connectivity index (χ1n) is 0. The molecule has 0 unspecified atom stereocenters. The third-order valence-corrected chi connectivity index (χ3v) is 0. The van der Waals surface area contributed by atoms with Gasteiger partial charge in [0.1, 0.15) is 0 Å². The van der Waals surface area contributed by atoms with E-state index < -0.39 is 0 Å². The molecule has 0 rings (SSSR count). The average Bonchev–Trinajstić information content (AvgIpc) is 0. The maximum Gasteiger partial charge on any atom is 0 e. The summed E-state index contributed by atoms with van der Waals surface area (Å²) in [5.74, 6) is 0. The fourth-order valence-electron chi connectivity index (χ4n) is 0. The van der Waals surface area contributed by atoms with E-state index in [0.717, 1.165) is 0 Å². The maximum absolute atomic E-state index is 0. The number of hydrogen-bond acceptors (Lipinski definition) is 0. The molecule has 0 spiro atoms. The van der Waals surface area contributed by atoms with E-state index in [2.05, 4.69) is 0 Å². The van der Waals surface area contributed by atoms with Gasteiger partial charge in [0.2, 0.25) is 0 Å². The minimum Gasteiger partial charge on any atom is 0 e. The molecule has 35 valence electrons. The molecule has 4 heteroatoms. The summed E-state index contributed by atoms with van der Waals surface area (Å²) < 4.78 is 0. The monoisotopic (exact) mass is 297 g/mol. The molecular weight excluding hydrogens is 300 g/mol. The quantitative estimate of drug-likeness (QED) is 0.535. The zero-order valence-corrected chi connectivity index (χ0v) is 7.33. The van der Waals surface area contributed by atoms with Crippen molar-refractivity contribution in [1.29, 1.82) is 0 Å². The molecule has 0 heterocycles. The van der Waals surface area contributed by atoms with Gasteiger partial charge in [-0.2, -0.15) is 0 Å². The largest absolute Gasteiger partial charge is 0 e. The second-order valence-electron chi connectivity index (χ2n) is 0. The Labute approximate surface area is 74.8 Å². The van der Waals surface area contributed by atoms with Gasteiger partial charge in [-0.15, -0.1) is 0 Å². The zero-order chi connectivity index (χ0) is 0. The van der Waals surface area contributed by atoms with Crippen LogP contribution in [0, 0.1) is 0 Å². The van der Waals surface area contributed by atoms with E-state index in [9.17, 15) is 0 Å². The van der Waals surface area contributed by atoms with Gasteiger partial charge >= 0.3 is 0 Å². The van der Waals surface area contributed by atoms with Gasteiger partial charge in [-0.25, -0.2) is 0 Å². The van der Waals surface area contributed by atoms with Crippen molar-refractivity contribution in [2.24, 2.45) is 0 Å². The van der Waals surface area contributed by atoms with Crippen molar-refractivity contribution in [2.45, 2.75) is 0 Å². The van der Waals surface area contributed by atoms with Crippen LogP contribution in [0.15, 0.2) is 0 Å². The Kier molecular flexibility index (Phi) is 148. The van der Waals surface area contributed by atoms with Gasteiger partial charge in [0.25, 0.3) is 0 Å². The third kappa shape index (κ3) is 8.83. The van der Waals surface area contributed by atoms with Crippen LogP contribution in [0.1, 0.15) is 0 Å². The van der Waals surface area contributed by atoms with Crippen LogP contribution in [0.3, 0.4) is 0 Å². The van der Waals surface area contributed by atoms with Gasteiger partial charge in [0.15, 0.2) is 0 Å². The first-order valence-corrected chi connectivity index (χ1v) is 0. The molecule has 0 saturated carbocycles. The molecule has 0 aliphatic carbocycles. The van der Waals surface area contributed by atoms with Crippen LogP contribution in [-0.2, 0) is 55.9 Å². The van der Waals surface area contributed by atoms with Crippen molar-refractivity contribution < 1.29 is 55.9 Å². The molecule has 5 radical (unpaired) electrons. The number of hydrogen-bond donors (Lipinski definition) is 0. The molecule has 0 aliphatic heterocycles. The van der Waals surface area contributed by atoms with Crippen LogP contribution in [0.4, 0.5) is 0 Å². The van der Waals surface area contributed by atoms with E-state index >= 15 is 0 Å². The van der Waals surface area contributed by atoms with Crippen molar-refractivity contribution >= 4 is 19.8 Å². The summed E-state index contributed by atoms with van der Waals surface area (Å²) in [5.41, 5.74) is 0. The van der Waals surface area contributed by atoms with Gasteiger partial charge in [0, 0.05) is 75.7 Å². The smallest absolute Gasteiger partial charge is 0 e. The summed E-state index contributed by atoms with van der Waals surface area (Å²) >= 11 is 0. The second kappa shape index (κ2) is 18.2. The standard InChI is InChI=1S/Ag.Cu.Ga.Ni. The van der Waals surface area contributed by atoms with Crippen molar-refractivity contribution in [2.75, 3.05) is 0 Å². The summed E-state index contributed by atoms with van der Waals surface area (Å²) in [4.78, 5) is 0. The van der Waals surface area contributed by atoms with Gasteiger partial charge in [-0.3, -0.25) is 0 Å². The van der Waals surface area contributed by atoms with Gasteiger partial charge < -0.3 is 0 Å². The van der Waals surface area contributed by atoms with E-state index in [4.69, 9.17) is 0 Å². The van der Waals surface area contributed by atoms with E-state index in [1.807, 2.05) is 0 Å². The maximum atomic E-state index is 0. The summed E-state index contributed by atoms with van der Waals surface area (Å²) in [6.07, 6.45) is 0. The van der Waals surface area contributed by atoms with E-state index in [-0.39, 0.29) is 75.7 Å². The molecule has 0 nitrogen and oxygen atoms in total. The first-order chi connectivity index (χ1) is 0. The molecule has 0 aliphatic rings. The van der Waals surface area contributed by atoms with Crippen LogP contribution in [-0.4, -0.2) is 19.8 Å². The van der Waals surface area contributed by atoms with Crippen LogP contribution in [0.25, 0.3) is 0 Å². The molecule has 4 heavy (non-hydrogen) atoms. The summed E-state index contributed by atoms with van der Waals surface area (Å²) in [5, 5.41) is 0. The molecule has 0 atom stereocenters. The molecule has 0 bridgehead atoms. The molecule has 0 fully saturated rings. The van der Waals surface area contributed by atoms with Gasteiger partial charge in [-0.05, 0) is 0 Å². The summed E-state index contributed by atoms with van der Waals surface area (Å²) in [6, 6.07) is 0. The second-order valence-corrected chi connectivity index (χ2v) is 0. The van der Waals surface area contributed by atoms with Crippen molar-refractivity contribution in [3.63, 3.8) is 0 Å². The van der Waals surface area contributed by atoms with Crippen molar-refractivity contribution in [1.82, 2.24) is 0 Å². The molecule has 0 aromatic rings. The van der Waals surface area contributed by atoms with Crippen LogP contribution < -0.4 is 0 Å². The van der Waals surface area contributed by atoms with Crippen LogP contribution >= 0.6 is 0 Å². The van der Waals surface area contributed by atoms with Crippen LogP contribution in [0.2, 0.25) is 0 Å². The molecule has 0 aromatic heterocycles. The number of rotatable bonds is 0. The fraction of sp³-hybridized carbons (Fsp3) is 0. The van der Waals surface area contributed by atoms with Crippen molar-refractivity contribution in [3.8, 4) is 0 Å². The molecule has 0 aromatic carbocycles. The SMILES string of the molecule is [Ag].[Cu].[Ga].[Ni]. The van der Waals surface area contributed by atoms with Gasteiger partial charge in [-0.1, -0.05) is 0 Å². The normalized spacial score (nSPS) is 0. The van der Waals surface area contributed by atoms with Gasteiger partial charge in [0.05, 0.1) is 0 Å². The first kappa shape index (κ1) is 32.5. The zero-order valence-electron chi connectivity index (χ0n) is 1.50. The predicted octanol–water partition coefficient (Wildman–Crippen LogP) is -0.388. The van der Waals surface area contributed by atoms with Crippen molar-refractivity contribution in [3.05, 3.63) is 0 Å². The van der Waals surface area contributed by atoms with Crippen LogP contribution in [0.5, 0.6) is 0 Å². The fourth-order valence-corrected chi connectivity index (χ4v) is 0. The minimum absolute atomic E-state index is 0. The Balaban J connectivity index is 0. The van der Waals surface area contributed by atoms with E-state index in [1.165, 1.54) is 0 Å². The molecular formula is AgCuGaNi. The minimum atomic E-state index is 0. The Morgan fingerprint density at radius 3 is 1.00 bits per heavy atom. The predicted molar refractivity (Wildman–Crippen MR) is 5.75 cm³/mol. The Morgan fingerprint density at radius 1 is 1.00 bits per heavy atom. The third-order valence-electron chi connectivity index (χ3n) is 0.